The quantitative estimate of drug-likeness (QED) is 0.411. The lowest BCUT2D eigenvalue weighted by molar-refractivity contribution is 0.102. The maximum absolute atomic E-state index is 12.5. The molecule has 0 fully saturated rings. The second-order valence-corrected chi connectivity index (χ2v) is 7.17. The molecule has 148 valence electrons. The Kier molecular flexibility index (Phi) is 5.88. The van der Waals surface area contributed by atoms with E-state index in [4.69, 9.17) is 23.2 Å². The molecule has 4 aromatic rings. The summed E-state index contributed by atoms with van der Waals surface area (Å²) in [7, 11) is 0. The largest absolute Gasteiger partial charge is 0.324 e. The average molecular weight is 436 g/mol. The fourth-order valence-corrected chi connectivity index (χ4v) is 3.29. The van der Waals surface area contributed by atoms with Gasteiger partial charge in [-0.15, -0.1) is 0 Å². The standard InChI is InChI=1S/C22H15Cl2N5O/c23-15-10-14(11-16(24)12-15)21(30)27-17-4-3-5-18(13-17)28-22-26-9-7-20(29-22)19-6-1-2-8-25-19/h1-13H,(H,27,30)(H,26,28,29). The van der Waals surface area contributed by atoms with E-state index in [-0.39, 0.29) is 5.91 Å². The van der Waals surface area contributed by atoms with E-state index in [2.05, 4.69) is 25.6 Å². The van der Waals surface area contributed by atoms with Crippen LogP contribution in [0.15, 0.2) is 79.1 Å². The minimum atomic E-state index is -0.315. The maximum Gasteiger partial charge on any atom is 0.255 e. The van der Waals surface area contributed by atoms with Crippen molar-refractivity contribution in [3.05, 3.63) is 94.7 Å². The van der Waals surface area contributed by atoms with Crippen molar-refractivity contribution in [2.24, 2.45) is 0 Å². The van der Waals surface area contributed by atoms with E-state index in [0.717, 1.165) is 11.4 Å². The van der Waals surface area contributed by atoms with Crippen molar-refractivity contribution in [3.8, 4) is 11.4 Å². The van der Waals surface area contributed by atoms with Crippen molar-refractivity contribution < 1.29 is 4.79 Å². The van der Waals surface area contributed by atoms with Crippen LogP contribution in [-0.4, -0.2) is 20.9 Å². The minimum absolute atomic E-state index is 0.315. The topological polar surface area (TPSA) is 79.8 Å². The Labute approximate surface area is 182 Å². The van der Waals surface area contributed by atoms with Crippen LogP contribution in [0.3, 0.4) is 0 Å². The Morgan fingerprint density at radius 1 is 0.767 bits per heavy atom. The summed E-state index contributed by atoms with van der Waals surface area (Å²) in [5.41, 5.74) is 3.15. The van der Waals surface area contributed by atoms with Gasteiger partial charge >= 0.3 is 0 Å². The fraction of sp³-hybridized carbons (Fsp3) is 0. The molecule has 6 nitrogen and oxygen atoms in total. The Balaban J connectivity index is 1.51. The number of rotatable bonds is 5. The highest BCUT2D eigenvalue weighted by Gasteiger charge is 2.09. The highest BCUT2D eigenvalue weighted by molar-refractivity contribution is 6.35. The van der Waals surface area contributed by atoms with Gasteiger partial charge in [-0.2, -0.15) is 0 Å². The number of carbonyl (C=O) groups is 1. The summed E-state index contributed by atoms with van der Waals surface area (Å²) in [6.07, 6.45) is 3.37. The number of benzene rings is 2. The highest BCUT2D eigenvalue weighted by atomic mass is 35.5. The molecular weight excluding hydrogens is 421 g/mol. The third-order valence-electron chi connectivity index (χ3n) is 4.08. The van der Waals surface area contributed by atoms with Gasteiger partial charge in [0.05, 0.1) is 11.4 Å². The molecule has 0 saturated carbocycles. The Morgan fingerprint density at radius 2 is 1.57 bits per heavy atom. The zero-order valence-electron chi connectivity index (χ0n) is 15.5. The van der Waals surface area contributed by atoms with Crippen LogP contribution in [0.2, 0.25) is 10.0 Å². The lowest BCUT2D eigenvalue weighted by Crippen LogP contribution is -2.12. The maximum atomic E-state index is 12.5. The van der Waals surface area contributed by atoms with Gasteiger partial charge in [-0.3, -0.25) is 9.78 Å². The molecule has 1 amide bonds. The summed E-state index contributed by atoms with van der Waals surface area (Å²) in [6.45, 7) is 0. The molecule has 8 heteroatoms. The molecule has 0 aliphatic heterocycles. The van der Waals surface area contributed by atoms with Gasteiger partial charge in [0.2, 0.25) is 5.95 Å². The Hall–Kier alpha value is -3.48. The minimum Gasteiger partial charge on any atom is -0.324 e. The molecule has 2 heterocycles. The number of nitrogens with zero attached hydrogens (tertiary/aromatic N) is 3. The fourth-order valence-electron chi connectivity index (χ4n) is 2.77. The molecule has 0 atom stereocenters. The molecule has 0 radical (unpaired) electrons. The van der Waals surface area contributed by atoms with Crippen LogP contribution in [0.25, 0.3) is 11.4 Å². The Morgan fingerprint density at radius 3 is 2.33 bits per heavy atom. The number of anilines is 3. The third kappa shape index (κ3) is 4.92. The summed E-state index contributed by atoms with van der Waals surface area (Å²) >= 11 is 12.0. The smallest absolute Gasteiger partial charge is 0.255 e. The first-order chi connectivity index (χ1) is 14.6. The molecule has 30 heavy (non-hydrogen) atoms. The normalized spacial score (nSPS) is 10.5. The molecule has 4 rings (SSSR count). The lowest BCUT2D eigenvalue weighted by atomic mass is 10.2. The molecule has 0 unspecified atom stereocenters. The van der Waals surface area contributed by atoms with E-state index in [0.29, 0.717) is 32.9 Å². The molecule has 0 bridgehead atoms. The van der Waals surface area contributed by atoms with Crippen molar-refractivity contribution in [2.75, 3.05) is 10.6 Å². The third-order valence-corrected chi connectivity index (χ3v) is 4.52. The van der Waals surface area contributed by atoms with E-state index in [1.807, 2.05) is 30.3 Å². The van der Waals surface area contributed by atoms with Crippen molar-refractivity contribution in [3.63, 3.8) is 0 Å². The van der Waals surface area contributed by atoms with Crippen molar-refractivity contribution >= 4 is 46.4 Å². The first-order valence-electron chi connectivity index (χ1n) is 8.96. The molecule has 0 saturated heterocycles. The molecule has 2 aromatic heterocycles. The van der Waals surface area contributed by atoms with Crippen LogP contribution in [0.1, 0.15) is 10.4 Å². The van der Waals surface area contributed by atoms with Crippen molar-refractivity contribution in [1.82, 2.24) is 15.0 Å². The van der Waals surface area contributed by atoms with E-state index in [9.17, 15) is 4.79 Å². The summed E-state index contributed by atoms with van der Waals surface area (Å²) in [5, 5.41) is 6.76. The van der Waals surface area contributed by atoms with Crippen LogP contribution < -0.4 is 10.6 Å². The Bertz CT molecular complexity index is 1180. The molecule has 2 aromatic carbocycles. The van der Waals surface area contributed by atoms with Crippen LogP contribution in [0.5, 0.6) is 0 Å². The first kappa shape index (κ1) is 19.8. The molecule has 0 aliphatic carbocycles. The number of amides is 1. The van der Waals surface area contributed by atoms with Crippen LogP contribution in [0.4, 0.5) is 17.3 Å². The number of hydrogen-bond donors (Lipinski definition) is 2. The zero-order chi connectivity index (χ0) is 20.9. The van der Waals surface area contributed by atoms with Gasteiger partial charge in [0.25, 0.3) is 5.91 Å². The van der Waals surface area contributed by atoms with E-state index in [1.54, 1.807) is 48.8 Å². The number of nitrogens with one attached hydrogen (secondary N) is 2. The van der Waals surface area contributed by atoms with E-state index in [1.165, 1.54) is 0 Å². The summed E-state index contributed by atoms with van der Waals surface area (Å²) in [6, 6.07) is 19.3. The van der Waals surface area contributed by atoms with Crippen LogP contribution in [-0.2, 0) is 0 Å². The predicted octanol–water partition coefficient (Wildman–Crippen LogP) is 5.84. The second-order valence-electron chi connectivity index (χ2n) is 6.30. The second kappa shape index (κ2) is 8.90. The average Bonchev–Trinajstić information content (AvgIpc) is 2.74. The van der Waals surface area contributed by atoms with Crippen LogP contribution in [0, 0.1) is 0 Å². The van der Waals surface area contributed by atoms with E-state index >= 15 is 0 Å². The number of hydrogen-bond acceptors (Lipinski definition) is 5. The predicted molar refractivity (Wildman–Crippen MR) is 119 cm³/mol. The zero-order valence-corrected chi connectivity index (χ0v) is 17.0. The monoisotopic (exact) mass is 435 g/mol. The van der Waals surface area contributed by atoms with Gasteiger partial charge in [-0.25, -0.2) is 9.97 Å². The lowest BCUT2D eigenvalue weighted by Gasteiger charge is -2.10. The number of pyridine rings is 1. The van der Waals surface area contributed by atoms with Crippen molar-refractivity contribution in [1.29, 1.82) is 0 Å². The van der Waals surface area contributed by atoms with Gasteiger partial charge in [-0.1, -0.05) is 35.3 Å². The number of carbonyl (C=O) groups excluding carboxylic acids is 1. The summed E-state index contributed by atoms with van der Waals surface area (Å²) in [5.74, 6) is 0.105. The van der Waals surface area contributed by atoms with Gasteiger partial charge in [0.1, 0.15) is 0 Å². The molecule has 0 aliphatic rings. The van der Waals surface area contributed by atoms with Crippen molar-refractivity contribution in [2.45, 2.75) is 0 Å². The number of halogens is 2. The summed E-state index contributed by atoms with van der Waals surface area (Å²) < 4.78 is 0. The van der Waals surface area contributed by atoms with Gasteiger partial charge < -0.3 is 10.6 Å². The SMILES string of the molecule is O=C(Nc1cccc(Nc2nccc(-c3ccccn3)n2)c1)c1cc(Cl)cc(Cl)c1. The van der Waals surface area contributed by atoms with Crippen LogP contribution >= 0.6 is 23.2 Å². The van der Waals surface area contributed by atoms with Gasteiger partial charge in [0.15, 0.2) is 0 Å². The molecule has 2 N–H and O–H groups in total. The van der Waals surface area contributed by atoms with Gasteiger partial charge in [0, 0.05) is 39.4 Å². The van der Waals surface area contributed by atoms with Gasteiger partial charge in [-0.05, 0) is 54.6 Å². The highest BCUT2D eigenvalue weighted by Crippen LogP contribution is 2.23. The molecular formula is C22H15Cl2N5O. The number of aromatic nitrogens is 3. The molecule has 0 spiro atoms. The first-order valence-corrected chi connectivity index (χ1v) is 9.71. The summed E-state index contributed by atoms with van der Waals surface area (Å²) in [4.78, 5) is 25.6. The van der Waals surface area contributed by atoms with E-state index < -0.39 is 0 Å².